The number of nitrogens with one attached hydrogen (secondary N) is 1. The molecule has 0 aromatic carbocycles. The first-order valence-electron chi connectivity index (χ1n) is 9.66. The number of nitrogens with zero attached hydrogens (tertiary/aromatic N) is 2. The lowest BCUT2D eigenvalue weighted by atomic mass is 9.80. The van der Waals surface area contributed by atoms with Gasteiger partial charge in [-0.1, -0.05) is 0 Å². The van der Waals surface area contributed by atoms with E-state index in [1.807, 2.05) is 0 Å². The molecule has 1 aliphatic heterocycles. The van der Waals surface area contributed by atoms with E-state index >= 15 is 0 Å². The molecule has 30 heavy (non-hydrogen) atoms. The van der Waals surface area contributed by atoms with Gasteiger partial charge in [0, 0.05) is 56.2 Å². The summed E-state index contributed by atoms with van der Waals surface area (Å²) in [6.45, 7) is 0.332. The molecule has 0 spiro atoms. The second-order valence-corrected chi connectivity index (χ2v) is 9.44. The molecule has 2 aliphatic rings. The van der Waals surface area contributed by atoms with Gasteiger partial charge in [-0.2, -0.15) is 0 Å². The molecule has 2 fully saturated rings. The molecular weight excluding hydrogens is 428 g/mol. The van der Waals surface area contributed by atoms with Crippen LogP contribution >= 0.6 is 0 Å². The van der Waals surface area contributed by atoms with Gasteiger partial charge in [0.05, 0.1) is 5.92 Å². The van der Waals surface area contributed by atoms with Gasteiger partial charge in [0.1, 0.15) is 0 Å². The van der Waals surface area contributed by atoms with Crippen LogP contribution in [0.3, 0.4) is 0 Å². The molecule has 12 heteroatoms. The number of carbonyl (C=O) groups is 1. The van der Waals surface area contributed by atoms with Crippen LogP contribution < -0.4 is 10.5 Å². The second-order valence-electron chi connectivity index (χ2n) is 7.94. The summed E-state index contributed by atoms with van der Waals surface area (Å²) in [5.74, 6) is -7.70. The summed E-state index contributed by atoms with van der Waals surface area (Å²) in [7, 11) is -4.11. The standard InChI is InChI=1S/C18H24F4N4O3S/c19-17(20)4-1-8-26(9-6-17)14-2-5-18(21,22)11-13(14)16(27)25-12-3-7-24-15(10-12)30(23,28)29/h3,7,10,13-14H,1-2,4-6,8-9,11H2,(H2,23,28,29)(H,24,25,27). The van der Waals surface area contributed by atoms with E-state index in [9.17, 15) is 30.8 Å². The summed E-state index contributed by atoms with van der Waals surface area (Å²) in [6.07, 6.45) is -0.416. The maximum Gasteiger partial charge on any atom is 0.255 e. The number of pyridine rings is 1. The Labute approximate surface area is 172 Å². The maximum absolute atomic E-state index is 14.1. The van der Waals surface area contributed by atoms with Gasteiger partial charge in [0.2, 0.25) is 17.8 Å². The highest BCUT2D eigenvalue weighted by atomic mass is 32.2. The molecule has 3 N–H and O–H groups in total. The molecule has 2 atom stereocenters. The zero-order valence-electron chi connectivity index (χ0n) is 16.2. The Morgan fingerprint density at radius 2 is 1.90 bits per heavy atom. The number of alkyl halides is 4. The molecule has 1 aromatic heterocycles. The number of rotatable bonds is 4. The Hall–Kier alpha value is -1.79. The lowest BCUT2D eigenvalue weighted by Gasteiger charge is -2.41. The summed E-state index contributed by atoms with van der Waals surface area (Å²) in [6, 6.07) is 1.75. The number of aromatic nitrogens is 1. The highest BCUT2D eigenvalue weighted by molar-refractivity contribution is 7.89. The summed E-state index contributed by atoms with van der Waals surface area (Å²) >= 11 is 0. The maximum atomic E-state index is 14.1. The highest BCUT2D eigenvalue weighted by Gasteiger charge is 2.47. The van der Waals surface area contributed by atoms with Crippen LogP contribution in [-0.4, -0.2) is 55.2 Å². The SMILES string of the molecule is NS(=O)(=O)c1cc(NC(=O)C2CC(F)(F)CCC2N2CCCC(F)(F)CC2)ccn1. The van der Waals surface area contributed by atoms with E-state index in [0.29, 0.717) is 6.54 Å². The van der Waals surface area contributed by atoms with Crippen molar-refractivity contribution in [2.45, 2.75) is 61.4 Å². The minimum Gasteiger partial charge on any atom is -0.326 e. The molecule has 1 aliphatic carbocycles. The van der Waals surface area contributed by atoms with Gasteiger partial charge in [-0.3, -0.25) is 9.69 Å². The van der Waals surface area contributed by atoms with Crippen molar-refractivity contribution in [2.24, 2.45) is 11.1 Å². The monoisotopic (exact) mass is 452 g/mol. The number of primary sulfonamides is 1. The fourth-order valence-electron chi connectivity index (χ4n) is 4.12. The molecule has 1 aromatic rings. The van der Waals surface area contributed by atoms with E-state index in [-0.39, 0.29) is 37.9 Å². The van der Waals surface area contributed by atoms with Crippen molar-refractivity contribution >= 4 is 21.6 Å². The number of nitrogens with two attached hydrogens (primary N) is 1. The van der Waals surface area contributed by atoms with Gasteiger partial charge >= 0.3 is 0 Å². The third-order valence-corrected chi connectivity index (χ3v) is 6.45. The predicted molar refractivity (Wildman–Crippen MR) is 101 cm³/mol. The third-order valence-electron chi connectivity index (χ3n) is 5.64. The molecule has 3 rings (SSSR count). The lowest BCUT2D eigenvalue weighted by molar-refractivity contribution is -0.133. The summed E-state index contributed by atoms with van der Waals surface area (Å²) in [4.78, 5) is 18.2. The Balaban J connectivity index is 1.79. The number of hydrogen-bond donors (Lipinski definition) is 2. The first-order valence-corrected chi connectivity index (χ1v) is 11.2. The molecule has 0 radical (unpaired) electrons. The van der Waals surface area contributed by atoms with E-state index in [2.05, 4.69) is 10.3 Å². The van der Waals surface area contributed by atoms with Crippen LogP contribution in [0.25, 0.3) is 0 Å². The van der Waals surface area contributed by atoms with Crippen LogP contribution in [0.4, 0.5) is 23.2 Å². The molecule has 1 amide bonds. The van der Waals surface area contributed by atoms with Crippen LogP contribution in [0.2, 0.25) is 0 Å². The Morgan fingerprint density at radius 1 is 1.17 bits per heavy atom. The predicted octanol–water partition coefficient (Wildman–Crippen LogP) is 2.59. The zero-order chi connectivity index (χ0) is 22.2. The van der Waals surface area contributed by atoms with Crippen LogP contribution in [0, 0.1) is 5.92 Å². The van der Waals surface area contributed by atoms with Crippen molar-refractivity contribution in [3.05, 3.63) is 18.3 Å². The largest absolute Gasteiger partial charge is 0.326 e. The fraction of sp³-hybridized carbons (Fsp3) is 0.667. The zero-order valence-corrected chi connectivity index (χ0v) is 17.0. The van der Waals surface area contributed by atoms with E-state index in [0.717, 1.165) is 12.3 Å². The van der Waals surface area contributed by atoms with Crippen LogP contribution in [0.5, 0.6) is 0 Å². The van der Waals surface area contributed by atoms with Crippen molar-refractivity contribution in [1.29, 1.82) is 0 Å². The topological polar surface area (TPSA) is 105 Å². The second kappa shape index (κ2) is 8.39. The first kappa shape index (κ1) is 22.9. The number of likely N-dealkylation sites (tertiary alicyclic amines) is 1. The van der Waals surface area contributed by atoms with Crippen molar-refractivity contribution < 1.29 is 30.8 Å². The number of sulfonamides is 1. The molecule has 0 bridgehead atoms. The molecule has 1 saturated carbocycles. The Kier molecular flexibility index (Phi) is 6.40. The van der Waals surface area contributed by atoms with E-state index in [4.69, 9.17) is 5.14 Å². The van der Waals surface area contributed by atoms with Gasteiger partial charge < -0.3 is 5.32 Å². The number of halogens is 4. The summed E-state index contributed by atoms with van der Waals surface area (Å²) < 4.78 is 78.5. The van der Waals surface area contributed by atoms with Crippen molar-refractivity contribution in [1.82, 2.24) is 9.88 Å². The van der Waals surface area contributed by atoms with Crippen molar-refractivity contribution in [3.63, 3.8) is 0 Å². The lowest BCUT2D eigenvalue weighted by Crippen LogP contribution is -2.51. The van der Waals surface area contributed by atoms with Crippen molar-refractivity contribution in [3.8, 4) is 0 Å². The van der Waals surface area contributed by atoms with Gasteiger partial charge in [-0.05, 0) is 25.5 Å². The Bertz CT molecular complexity index is 897. The number of carbonyl (C=O) groups excluding carboxylic acids is 1. The van der Waals surface area contributed by atoms with E-state index in [1.54, 1.807) is 4.90 Å². The van der Waals surface area contributed by atoms with Gasteiger partial charge in [0.15, 0.2) is 5.03 Å². The molecule has 2 unspecified atom stereocenters. The molecule has 7 nitrogen and oxygen atoms in total. The minimum absolute atomic E-state index is 0.00936. The van der Waals surface area contributed by atoms with Gasteiger partial charge in [-0.25, -0.2) is 36.1 Å². The fourth-order valence-corrected chi connectivity index (χ4v) is 4.62. The normalized spacial score (nSPS) is 27.2. The van der Waals surface area contributed by atoms with Crippen molar-refractivity contribution in [2.75, 3.05) is 18.4 Å². The molecule has 1 saturated heterocycles. The first-order chi connectivity index (χ1) is 13.9. The average molecular weight is 452 g/mol. The number of hydrogen-bond acceptors (Lipinski definition) is 5. The highest BCUT2D eigenvalue weighted by Crippen LogP contribution is 2.41. The quantitative estimate of drug-likeness (QED) is 0.684. The average Bonchev–Trinajstić information content (AvgIpc) is 2.81. The van der Waals surface area contributed by atoms with E-state index in [1.165, 1.54) is 6.07 Å². The summed E-state index contributed by atoms with van der Waals surface area (Å²) in [5.41, 5.74) is 0.0501. The number of anilines is 1. The van der Waals surface area contributed by atoms with Crippen LogP contribution in [0.15, 0.2) is 23.4 Å². The Morgan fingerprint density at radius 3 is 2.60 bits per heavy atom. The molecule has 168 valence electrons. The smallest absolute Gasteiger partial charge is 0.255 e. The molecule has 2 heterocycles. The van der Waals surface area contributed by atoms with Gasteiger partial charge in [-0.15, -0.1) is 0 Å². The molecular formula is C18H24F4N4O3S. The van der Waals surface area contributed by atoms with Crippen LogP contribution in [-0.2, 0) is 14.8 Å². The summed E-state index contributed by atoms with van der Waals surface area (Å²) in [5, 5.41) is 7.01. The van der Waals surface area contributed by atoms with E-state index < -0.39 is 57.6 Å². The number of amides is 1. The van der Waals surface area contributed by atoms with Crippen LogP contribution in [0.1, 0.15) is 38.5 Å². The third kappa shape index (κ3) is 5.67. The minimum atomic E-state index is -4.11. The van der Waals surface area contributed by atoms with Gasteiger partial charge in [0.25, 0.3) is 10.0 Å².